The van der Waals surface area contributed by atoms with E-state index in [-0.39, 0.29) is 36.7 Å². The van der Waals surface area contributed by atoms with Crippen molar-refractivity contribution >= 4 is 11.6 Å². The molecule has 0 atom stereocenters. The maximum atomic E-state index is 13.7. The number of nitrogens with one attached hydrogen (secondary N) is 1. The first kappa shape index (κ1) is 22.3. The summed E-state index contributed by atoms with van der Waals surface area (Å²) in [6, 6.07) is 15.6. The highest BCUT2D eigenvalue weighted by molar-refractivity contribution is 5.76. The Bertz CT molecular complexity index is 1370. The Hall–Kier alpha value is -3.94. The molecule has 2 aromatic carbocycles. The molecule has 0 unspecified atom stereocenters. The summed E-state index contributed by atoms with van der Waals surface area (Å²) < 4.78 is 22.2. The van der Waals surface area contributed by atoms with Crippen LogP contribution in [0.5, 0.6) is 5.75 Å². The van der Waals surface area contributed by atoms with E-state index in [1.807, 2.05) is 48.9 Å². The van der Waals surface area contributed by atoms with Gasteiger partial charge in [0.2, 0.25) is 5.91 Å². The van der Waals surface area contributed by atoms with Crippen LogP contribution < -0.4 is 15.6 Å². The van der Waals surface area contributed by atoms with Crippen molar-refractivity contribution in [3.05, 3.63) is 87.6 Å². The third-order valence-electron chi connectivity index (χ3n) is 5.85. The van der Waals surface area contributed by atoms with Crippen molar-refractivity contribution in [3.63, 3.8) is 0 Å². The minimum Gasteiger partial charge on any atom is -0.497 e. The fourth-order valence-corrected chi connectivity index (χ4v) is 3.77. The second-order valence-electron chi connectivity index (χ2n) is 7.82. The highest BCUT2D eigenvalue weighted by atomic mass is 19.1. The van der Waals surface area contributed by atoms with E-state index in [2.05, 4.69) is 10.4 Å². The molecule has 0 aliphatic heterocycles. The fraction of sp³-hybridized carbons (Fsp3) is 0.240. The van der Waals surface area contributed by atoms with Crippen LogP contribution in [0.2, 0.25) is 0 Å². The third-order valence-corrected chi connectivity index (χ3v) is 5.85. The molecule has 1 N–H and O–H groups in total. The monoisotopic (exact) mass is 448 g/mol. The number of carbonyl (C=O) groups excluding carboxylic acids is 1. The zero-order valence-corrected chi connectivity index (χ0v) is 18.8. The van der Waals surface area contributed by atoms with E-state index in [1.165, 1.54) is 10.6 Å². The van der Waals surface area contributed by atoms with E-state index in [9.17, 15) is 14.0 Å². The Morgan fingerprint density at radius 1 is 1.15 bits per heavy atom. The van der Waals surface area contributed by atoms with E-state index >= 15 is 0 Å². The molecule has 1 amide bonds. The van der Waals surface area contributed by atoms with Crippen LogP contribution in [0.25, 0.3) is 16.9 Å². The number of benzene rings is 2. The van der Waals surface area contributed by atoms with Gasteiger partial charge in [-0.15, -0.1) is 0 Å². The second-order valence-corrected chi connectivity index (χ2v) is 7.82. The lowest BCUT2D eigenvalue weighted by Gasteiger charge is -2.12. The van der Waals surface area contributed by atoms with E-state index < -0.39 is 0 Å². The van der Waals surface area contributed by atoms with Gasteiger partial charge in [0.15, 0.2) is 0 Å². The lowest BCUT2D eigenvalue weighted by Crippen LogP contribution is -2.28. The number of rotatable bonds is 7. The summed E-state index contributed by atoms with van der Waals surface area (Å²) in [5, 5.41) is 7.23. The molecule has 0 aliphatic carbocycles. The van der Waals surface area contributed by atoms with Crippen LogP contribution in [0.4, 0.5) is 4.39 Å². The molecule has 2 heterocycles. The topological polar surface area (TPSA) is 77.6 Å². The molecule has 33 heavy (non-hydrogen) atoms. The first-order valence-corrected chi connectivity index (χ1v) is 10.6. The number of hydrogen-bond acceptors (Lipinski definition) is 4. The van der Waals surface area contributed by atoms with Gasteiger partial charge < -0.3 is 14.6 Å². The summed E-state index contributed by atoms with van der Waals surface area (Å²) >= 11 is 0. The smallest absolute Gasteiger partial charge is 0.277 e. The standard InChI is InChI=1S/C25H25FN4O3/c1-16-20(12-13-23(31)27-15-18-6-4-5-7-21(18)26)25(32)30-24(29(16)2)14-22(28-30)17-8-10-19(33-3)11-9-17/h4-11,14H,12-13,15H2,1-3H3,(H,27,31). The zero-order chi connectivity index (χ0) is 23.5. The van der Waals surface area contributed by atoms with Gasteiger partial charge in [0.1, 0.15) is 17.2 Å². The number of halogens is 1. The third kappa shape index (κ3) is 4.50. The SMILES string of the molecule is COc1ccc(-c2cc3n(C)c(C)c(CCC(=O)NCc4ccccc4F)c(=O)n3n2)cc1. The molecular weight excluding hydrogens is 423 g/mol. The number of aromatic nitrogens is 3. The van der Waals surface area contributed by atoms with Crippen molar-refractivity contribution in [1.29, 1.82) is 0 Å². The Kier molecular flexibility index (Phi) is 6.26. The number of carbonyl (C=O) groups is 1. The number of ether oxygens (including phenoxy) is 1. The largest absolute Gasteiger partial charge is 0.497 e. The minimum atomic E-state index is -0.362. The molecule has 7 nitrogen and oxygen atoms in total. The predicted molar refractivity (Wildman–Crippen MR) is 124 cm³/mol. The molecule has 2 aromatic heterocycles. The van der Waals surface area contributed by atoms with Crippen molar-refractivity contribution in [3.8, 4) is 17.0 Å². The van der Waals surface area contributed by atoms with Crippen LogP contribution in [0.1, 0.15) is 23.2 Å². The summed E-state index contributed by atoms with van der Waals surface area (Å²) in [5.74, 6) is 0.127. The maximum Gasteiger partial charge on any atom is 0.277 e. The number of fused-ring (bicyclic) bond motifs is 1. The summed E-state index contributed by atoms with van der Waals surface area (Å²) in [5.41, 5.74) is 3.67. The van der Waals surface area contributed by atoms with Crippen molar-refractivity contribution in [2.24, 2.45) is 7.05 Å². The normalized spacial score (nSPS) is 11.0. The van der Waals surface area contributed by atoms with Crippen LogP contribution >= 0.6 is 0 Å². The van der Waals surface area contributed by atoms with Gasteiger partial charge in [0, 0.05) is 48.5 Å². The molecular formula is C25H25FN4O3. The summed E-state index contributed by atoms with van der Waals surface area (Å²) in [6.07, 6.45) is 0.373. The molecule has 0 radical (unpaired) electrons. The predicted octanol–water partition coefficient (Wildman–Crippen LogP) is 3.41. The zero-order valence-electron chi connectivity index (χ0n) is 18.8. The molecule has 0 bridgehead atoms. The summed E-state index contributed by atoms with van der Waals surface area (Å²) in [7, 11) is 3.47. The quantitative estimate of drug-likeness (QED) is 0.470. The van der Waals surface area contributed by atoms with Crippen molar-refractivity contribution in [2.45, 2.75) is 26.3 Å². The Morgan fingerprint density at radius 2 is 1.88 bits per heavy atom. The molecule has 0 saturated heterocycles. The lowest BCUT2D eigenvalue weighted by molar-refractivity contribution is -0.121. The molecule has 0 fully saturated rings. The van der Waals surface area contributed by atoms with Gasteiger partial charge in [-0.05, 0) is 43.7 Å². The summed E-state index contributed by atoms with van der Waals surface area (Å²) in [6.45, 7) is 1.96. The highest BCUT2D eigenvalue weighted by Crippen LogP contribution is 2.23. The number of hydrogen-bond donors (Lipinski definition) is 1. The molecule has 170 valence electrons. The molecule has 0 saturated carbocycles. The van der Waals surface area contributed by atoms with E-state index in [4.69, 9.17) is 4.74 Å². The Labute approximate surface area is 190 Å². The van der Waals surface area contributed by atoms with Gasteiger partial charge in [-0.25, -0.2) is 4.39 Å². The van der Waals surface area contributed by atoms with E-state index in [1.54, 1.807) is 25.3 Å². The molecule has 8 heteroatoms. The lowest BCUT2D eigenvalue weighted by atomic mass is 10.1. The molecule has 0 spiro atoms. The number of methoxy groups -OCH3 is 1. The molecule has 4 rings (SSSR count). The average molecular weight is 448 g/mol. The first-order chi connectivity index (χ1) is 15.9. The van der Waals surface area contributed by atoms with Gasteiger partial charge in [-0.1, -0.05) is 18.2 Å². The van der Waals surface area contributed by atoms with Crippen LogP contribution in [0.3, 0.4) is 0 Å². The average Bonchev–Trinajstić information content (AvgIpc) is 3.28. The van der Waals surface area contributed by atoms with Gasteiger partial charge in [0.05, 0.1) is 12.8 Å². The van der Waals surface area contributed by atoms with Crippen LogP contribution in [0, 0.1) is 12.7 Å². The van der Waals surface area contributed by atoms with Crippen molar-refractivity contribution in [1.82, 2.24) is 19.5 Å². The Morgan fingerprint density at radius 3 is 2.58 bits per heavy atom. The van der Waals surface area contributed by atoms with Crippen LogP contribution in [-0.4, -0.2) is 27.2 Å². The highest BCUT2D eigenvalue weighted by Gasteiger charge is 2.17. The number of nitrogens with zero attached hydrogens (tertiary/aromatic N) is 3. The van der Waals surface area contributed by atoms with E-state index in [0.29, 0.717) is 22.5 Å². The maximum absolute atomic E-state index is 13.7. The van der Waals surface area contributed by atoms with Crippen molar-refractivity contribution in [2.75, 3.05) is 7.11 Å². The van der Waals surface area contributed by atoms with Crippen LogP contribution in [0.15, 0.2) is 59.4 Å². The first-order valence-electron chi connectivity index (χ1n) is 10.6. The second kappa shape index (κ2) is 9.28. The number of amides is 1. The van der Waals surface area contributed by atoms with E-state index in [0.717, 1.165) is 17.0 Å². The van der Waals surface area contributed by atoms with Gasteiger partial charge in [-0.3, -0.25) is 9.59 Å². The molecule has 0 aliphatic rings. The minimum absolute atomic E-state index is 0.103. The van der Waals surface area contributed by atoms with Gasteiger partial charge >= 0.3 is 0 Å². The van der Waals surface area contributed by atoms with Gasteiger partial charge in [0.25, 0.3) is 5.56 Å². The fourth-order valence-electron chi connectivity index (χ4n) is 3.77. The number of aryl methyl sites for hydroxylation is 1. The van der Waals surface area contributed by atoms with Gasteiger partial charge in [-0.2, -0.15) is 9.61 Å². The molecule has 4 aromatic rings. The van der Waals surface area contributed by atoms with Crippen LogP contribution in [-0.2, 0) is 24.8 Å². The Balaban J connectivity index is 1.54. The van der Waals surface area contributed by atoms with Crippen molar-refractivity contribution < 1.29 is 13.9 Å². The summed E-state index contributed by atoms with van der Waals surface area (Å²) in [4.78, 5) is 25.5.